The maximum atomic E-state index is 11.9. The number of anilines is 1. The van der Waals surface area contributed by atoms with E-state index in [0.717, 1.165) is 10.0 Å². The fourth-order valence-corrected chi connectivity index (χ4v) is 4.28. The summed E-state index contributed by atoms with van der Waals surface area (Å²) in [6, 6.07) is 11.4. The van der Waals surface area contributed by atoms with Gasteiger partial charge in [-0.2, -0.15) is 0 Å². The number of benzene rings is 1. The molecule has 0 saturated carbocycles. The largest absolute Gasteiger partial charge is 0.360 e. The molecule has 124 valence electrons. The molecule has 9 heteroatoms. The third-order valence-electron chi connectivity index (χ3n) is 2.98. The third-order valence-corrected chi connectivity index (χ3v) is 5.35. The Balaban J connectivity index is 1.54. The number of carbonyl (C=O) groups excluding carboxylic acids is 1. The molecule has 0 aliphatic rings. The van der Waals surface area contributed by atoms with Crippen LogP contribution in [0.1, 0.15) is 12.2 Å². The topological polar surface area (TPSA) is 73.0 Å². The van der Waals surface area contributed by atoms with Gasteiger partial charge < -0.3 is 9.84 Å². The average Bonchev–Trinajstić information content (AvgIpc) is 3.14. The number of para-hydroxylation sites is 1. The van der Waals surface area contributed by atoms with Crippen LogP contribution in [0.5, 0.6) is 0 Å². The van der Waals surface area contributed by atoms with Crippen molar-refractivity contribution in [1.82, 2.24) is 14.9 Å². The molecule has 1 aromatic carbocycles. The van der Waals surface area contributed by atoms with Crippen LogP contribution in [-0.4, -0.2) is 26.6 Å². The van der Waals surface area contributed by atoms with Gasteiger partial charge in [-0.25, -0.2) is 4.68 Å². The number of aromatic nitrogens is 3. The van der Waals surface area contributed by atoms with Crippen molar-refractivity contribution in [2.24, 2.45) is 0 Å². The van der Waals surface area contributed by atoms with Crippen LogP contribution in [0.4, 0.5) is 5.82 Å². The van der Waals surface area contributed by atoms with Gasteiger partial charge in [0, 0.05) is 18.2 Å². The summed E-state index contributed by atoms with van der Waals surface area (Å²) in [5.74, 6) is 1.60. The summed E-state index contributed by atoms with van der Waals surface area (Å²) in [5, 5.41) is 10.9. The highest BCUT2D eigenvalue weighted by atomic mass is 32.2. The van der Waals surface area contributed by atoms with E-state index in [1.807, 2.05) is 30.3 Å². The van der Waals surface area contributed by atoms with Gasteiger partial charge in [0.1, 0.15) is 5.76 Å². The average molecular weight is 379 g/mol. The molecule has 1 N–H and O–H groups in total. The molecule has 0 atom stereocenters. The van der Waals surface area contributed by atoms with Crippen LogP contribution in [0, 0.1) is 10.9 Å². The first-order valence-electron chi connectivity index (χ1n) is 7.13. The summed E-state index contributed by atoms with van der Waals surface area (Å²) in [7, 11) is 0. The minimum atomic E-state index is -0.109. The van der Waals surface area contributed by atoms with E-state index in [-0.39, 0.29) is 5.91 Å². The van der Waals surface area contributed by atoms with E-state index >= 15 is 0 Å². The van der Waals surface area contributed by atoms with Crippen LogP contribution < -0.4 is 5.32 Å². The Kier molecular flexibility index (Phi) is 5.44. The molecular weight excluding hydrogens is 364 g/mol. The van der Waals surface area contributed by atoms with E-state index in [0.29, 0.717) is 27.7 Å². The van der Waals surface area contributed by atoms with Crippen molar-refractivity contribution in [3.05, 3.63) is 46.1 Å². The van der Waals surface area contributed by atoms with Crippen LogP contribution in [0.25, 0.3) is 5.69 Å². The SMILES string of the molecule is Cc1cc(NC(=O)CCSc2nn(-c3ccccc3)c(=S)s2)no1. The second-order valence-corrected chi connectivity index (χ2v) is 7.82. The number of amides is 1. The third kappa shape index (κ3) is 4.31. The lowest BCUT2D eigenvalue weighted by Crippen LogP contribution is -2.12. The van der Waals surface area contributed by atoms with Gasteiger partial charge in [-0.05, 0) is 31.3 Å². The molecule has 0 aliphatic heterocycles. The minimum absolute atomic E-state index is 0.109. The van der Waals surface area contributed by atoms with Crippen LogP contribution in [-0.2, 0) is 4.79 Å². The maximum absolute atomic E-state index is 11.9. The first-order valence-corrected chi connectivity index (χ1v) is 9.34. The molecular formula is C15H14N4O2S3. The van der Waals surface area contributed by atoms with E-state index in [2.05, 4.69) is 15.6 Å². The van der Waals surface area contributed by atoms with Crippen LogP contribution in [0.2, 0.25) is 0 Å². The second kappa shape index (κ2) is 7.73. The van der Waals surface area contributed by atoms with Crippen molar-refractivity contribution in [3.8, 4) is 5.69 Å². The lowest BCUT2D eigenvalue weighted by molar-refractivity contribution is -0.115. The summed E-state index contributed by atoms with van der Waals surface area (Å²) in [4.78, 5) is 11.9. The Bertz CT molecular complexity index is 886. The van der Waals surface area contributed by atoms with Gasteiger partial charge in [0.05, 0.1) is 5.69 Å². The van der Waals surface area contributed by atoms with Gasteiger partial charge in [0.25, 0.3) is 0 Å². The summed E-state index contributed by atoms with van der Waals surface area (Å²) in [6.07, 6.45) is 0.355. The molecule has 0 aliphatic carbocycles. The molecule has 2 heterocycles. The first kappa shape index (κ1) is 16.9. The van der Waals surface area contributed by atoms with E-state index in [4.69, 9.17) is 16.7 Å². The number of nitrogens with one attached hydrogen (secondary N) is 1. The quantitative estimate of drug-likeness (QED) is 0.515. The van der Waals surface area contributed by atoms with Gasteiger partial charge in [0.15, 0.2) is 14.1 Å². The van der Waals surface area contributed by atoms with Gasteiger partial charge >= 0.3 is 0 Å². The summed E-state index contributed by atoms with van der Waals surface area (Å²) >= 11 is 8.30. The lowest BCUT2D eigenvalue weighted by Gasteiger charge is -2.00. The lowest BCUT2D eigenvalue weighted by atomic mass is 10.3. The van der Waals surface area contributed by atoms with E-state index in [1.165, 1.54) is 23.1 Å². The fourth-order valence-electron chi connectivity index (χ4n) is 1.91. The number of hydrogen-bond acceptors (Lipinski definition) is 7. The van der Waals surface area contributed by atoms with Crippen LogP contribution in [0.15, 0.2) is 45.3 Å². The zero-order chi connectivity index (χ0) is 16.9. The smallest absolute Gasteiger partial charge is 0.226 e. The van der Waals surface area contributed by atoms with Crippen molar-refractivity contribution in [3.63, 3.8) is 0 Å². The fraction of sp³-hybridized carbons (Fsp3) is 0.200. The van der Waals surface area contributed by atoms with Crippen LogP contribution >= 0.6 is 35.3 Å². The Hall–Kier alpha value is -1.97. The molecule has 3 aromatic rings. The Morgan fingerprint density at radius 2 is 2.21 bits per heavy atom. The molecule has 0 bridgehead atoms. The predicted octanol–water partition coefficient (Wildman–Crippen LogP) is 4.08. The highest BCUT2D eigenvalue weighted by molar-refractivity contribution is 8.01. The number of thioether (sulfide) groups is 1. The van der Waals surface area contributed by atoms with Gasteiger partial charge in [-0.1, -0.05) is 46.5 Å². The van der Waals surface area contributed by atoms with Gasteiger partial charge in [-0.3, -0.25) is 4.79 Å². The van der Waals surface area contributed by atoms with Crippen molar-refractivity contribution in [2.45, 2.75) is 17.7 Å². The monoisotopic (exact) mass is 378 g/mol. The Morgan fingerprint density at radius 1 is 1.42 bits per heavy atom. The highest BCUT2D eigenvalue weighted by Crippen LogP contribution is 2.24. The number of aryl methyl sites for hydroxylation is 1. The summed E-state index contributed by atoms with van der Waals surface area (Å²) < 4.78 is 8.17. The Labute approximate surface area is 151 Å². The first-order chi connectivity index (χ1) is 11.6. The van der Waals surface area contributed by atoms with Gasteiger partial charge in [0.2, 0.25) is 5.91 Å². The number of hydrogen-bond donors (Lipinski definition) is 1. The molecule has 3 rings (SSSR count). The zero-order valence-corrected chi connectivity index (χ0v) is 15.2. The summed E-state index contributed by atoms with van der Waals surface area (Å²) in [5.41, 5.74) is 0.935. The number of nitrogens with zero attached hydrogens (tertiary/aromatic N) is 3. The van der Waals surface area contributed by atoms with Crippen molar-refractivity contribution < 1.29 is 9.32 Å². The summed E-state index contributed by atoms with van der Waals surface area (Å²) in [6.45, 7) is 1.77. The van der Waals surface area contributed by atoms with E-state index in [1.54, 1.807) is 17.7 Å². The van der Waals surface area contributed by atoms with Crippen molar-refractivity contribution in [1.29, 1.82) is 0 Å². The highest BCUT2D eigenvalue weighted by Gasteiger charge is 2.09. The van der Waals surface area contributed by atoms with Crippen molar-refractivity contribution >= 4 is 47.0 Å². The Morgan fingerprint density at radius 3 is 2.92 bits per heavy atom. The second-order valence-electron chi connectivity index (χ2n) is 4.85. The minimum Gasteiger partial charge on any atom is -0.360 e. The molecule has 2 aromatic heterocycles. The standard InChI is InChI=1S/C15H14N4O2S3/c1-10-9-12(18-21-10)16-13(20)7-8-23-14-17-19(15(22)24-14)11-5-3-2-4-6-11/h2-6,9H,7-8H2,1H3,(H,16,18,20). The maximum Gasteiger partial charge on any atom is 0.226 e. The van der Waals surface area contributed by atoms with Gasteiger partial charge in [-0.15, -0.1) is 5.10 Å². The molecule has 0 spiro atoms. The zero-order valence-electron chi connectivity index (χ0n) is 12.8. The molecule has 0 fully saturated rings. The molecule has 24 heavy (non-hydrogen) atoms. The predicted molar refractivity (Wildman–Crippen MR) is 97.5 cm³/mol. The molecule has 1 amide bonds. The van der Waals surface area contributed by atoms with E-state index < -0.39 is 0 Å². The van der Waals surface area contributed by atoms with Crippen molar-refractivity contribution in [2.75, 3.05) is 11.1 Å². The normalized spacial score (nSPS) is 10.7. The molecule has 0 saturated heterocycles. The number of rotatable bonds is 6. The van der Waals surface area contributed by atoms with E-state index in [9.17, 15) is 4.79 Å². The molecule has 0 radical (unpaired) electrons. The molecule has 0 unspecified atom stereocenters. The van der Waals surface area contributed by atoms with Crippen LogP contribution in [0.3, 0.4) is 0 Å². The number of carbonyl (C=O) groups is 1. The molecule has 6 nitrogen and oxygen atoms in total.